The number of sulfone groups is 1. The summed E-state index contributed by atoms with van der Waals surface area (Å²) in [5.41, 5.74) is 1.67. The van der Waals surface area contributed by atoms with Crippen molar-refractivity contribution in [1.29, 1.82) is 0 Å². The maximum absolute atomic E-state index is 15.0. The average Bonchev–Trinajstić information content (AvgIpc) is 3.85. The molecule has 260 valence electrons. The fraction of sp³-hybridized carbons (Fsp3) is 0.220. The first-order valence-corrected chi connectivity index (χ1v) is 18.0. The van der Waals surface area contributed by atoms with Crippen LogP contribution in [-0.2, 0) is 21.1 Å². The number of aliphatic imine (C=N–C) groups is 2. The maximum Gasteiger partial charge on any atom is 0.337 e. The third-order valence-corrected chi connectivity index (χ3v) is 11.8. The molecule has 51 heavy (non-hydrogen) atoms. The fourth-order valence-corrected chi connectivity index (χ4v) is 8.95. The van der Waals surface area contributed by atoms with E-state index in [1.165, 1.54) is 56.9 Å². The minimum Gasteiger partial charge on any atom is -0.496 e. The van der Waals surface area contributed by atoms with Crippen LogP contribution in [-0.4, -0.2) is 57.5 Å². The van der Waals surface area contributed by atoms with Crippen molar-refractivity contribution in [3.8, 4) is 11.5 Å². The summed E-state index contributed by atoms with van der Waals surface area (Å²) in [6.07, 6.45) is 11.8. The molecule has 0 bridgehead atoms. The molecule has 0 aromatic heterocycles. The number of carboxylic acid groups (broad SMARTS) is 1. The lowest BCUT2D eigenvalue weighted by Crippen LogP contribution is -2.37. The number of ketones is 1. The highest BCUT2D eigenvalue weighted by molar-refractivity contribution is 7.92. The summed E-state index contributed by atoms with van der Waals surface area (Å²) < 4.78 is 40.3. The molecular formula is C41H38N2O7S. The van der Waals surface area contributed by atoms with Gasteiger partial charge in [-0.15, -0.1) is 0 Å². The van der Waals surface area contributed by atoms with Gasteiger partial charge in [0.2, 0.25) is 14.7 Å². The van der Waals surface area contributed by atoms with Crippen LogP contribution in [0.4, 0.5) is 0 Å². The monoisotopic (exact) mass is 702 g/mol. The standard InChI is InChI=1S/C41H38N2O7S/c1-28-34(49-2)26-31(27-35(28)50-3)38(44)37(40(21-11-23-42-40)20-10-15-29-13-5-4-6-14-29)30-16-9-17-32(25-30)41(22-12-24-43-41)51(47,48)36-19-8-7-18-33(36)39(45)46/h4-9,11-14,16-19,21-27,37H,10,15,20H2,1-3H3,(H,45,46). The summed E-state index contributed by atoms with van der Waals surface area (Å²) in [7, 11) is -1.41. The molecule has 2 aliphatic rings. The van der Waals surface area contributed by atoms with Crippen LogP contribution >= 0.6 is 0 Å². The zero-order valence-electron chi connectivity index (χ0n) is 28.5. The van der Waals surface area contributed by atoms with Crippen LogP contribution in [0.2, 0.25) is 0 Å². The van der Waals surface area contributed by atoms with Gasteiger partial charge in [0.05, 0.1) is 36.1 Å². The number of aryl methyl sites for hydroxylation is 1. The number of Topliss-reactive ketones (excluding diaryl/α,β-unsaturated/α-hetero) is 1. The second-order valence-electron chi connectivity index (χ2n) is 12.5. The van der Waals surface area contributed by atoms with Gasteiger partial charge in [-0.05, 0) is 85.4 Å². The van der Waals surface area contributed by atoms with E-state index in [1.54, 1.807) is 42.6 Å². The Labute approximate surface area is 297 Å². The van der Waals surface area contributed by atoms with E-state index in [-0.39, 0.29) is 21.8 Å². The first-order chi connectivity index (χ1) is 24.6. The number of ether oxygens (including phenoxy) is 2. The van der Waals surface area contributed by atoms with Gasteiger partial charge in [-0.3, -0.25) is 14.8 Å². The van der Waals surface area contributed by atoms with Gasteiger partial charge in [0.1, 0.15) is 11.5 Å². The Hall–Kier alpha value is -5.61. The van der Waals surface area contributed by atoms with E-state index in [9.17, 15) is 18.3 Å². The number of carboxylic acids is 1. The summed E-state index contributed by atoms with van der Waals surface area (Å²) in [4.78, 5) is 34.2. The lowest BCUT2D eigenvalue weighted by Gasteiger charge is -2.34. The molecule has 3 atom stereocenters. The quantitative estimate of drug-likeness (QED) is 0.136. The van der Waals surface area contributed by atoms with E-state index in [2.05, 4.69) is 17.1 Å². The Morgan fingerprint density at radius 1 is 0.824 bits per heavy atom. The molecule has 0 fully saturated rings. The Bertz CT molecular complexity index is 2150. The topological polar surface area (TPSA) is 132 Å². The molecule has 3 unspecified atom stereocenters. The average molecular weight is 703 g/mol. The Morgan fingerprint density at radius 2 is 1.49 bits per heavy atom. The predicted octanol–water partition coefficient (Wildman–Crippen LogP) is 7.35. The number of aromatic carboxylic acids is 1. The SMILES string of the molecule is COc1cc(C(=O)C(c2cccc(C3(S(=O)(=O)c4ccccc4C(=O)O)C=CC=N3)c2)C2(CCCc3ccccc3)C=CC=N2)cc(OC)c1C. The van der Waals surface area contributed by atoms with Crippen molar-refractivity contribution in [2.24, 2.45) is 9.98 Å². The van der Waals surface area contributed by atoms with Crippen LogP contribution < -0.4 is 9.47 Å². The van der Waals surface area contributed by atoms with Crippen LogP contribution in [0, 0.1) is 6.92 Å². The second-order valence-corrected chi connectivity index (χ2v) is 14.6. The fourth-order valence-electron chi connectivity index (χ4n) is 7.02. The summed E-state index contributed by atoms with van der Waals surface area (Å²) in [5, 5.41) is 9.90. The summed E-state index contributed by atoms with van der Waals surface area (Å²) in [6.45, 7) is 1.85. The molecule has 0 amide bonds. The van der Waals surface area contributed by atoms with Gasteiger partial charge in [0.15, 0.2) is 5.78 Å². The van der Waals surface area contributed by atoms with E-state index < -0.39 is 32.1 Å². The van der Waals surface area contributed by atoms with E-state index in [0.29, 0.717) is 35.5 Å². The molecule has 0 aliphatic carbocycles. The van der Waals surface area contributed by atoms with Crippen LogP contribution in [0.25, 0.3) is 0 Å². The van der Waals surface area contributed by atoms with Crippen molar-refractivity contribution < 1.29 is 32.6 Å². The molecule has 0 saturated carbocycles. The van der Waals surface area contributed by atoms with Gasteiger partial charge in [0, 0.05) is 23.6 Å². The number of benzene rings is 4. The zero-order chi connectivity index (χ0) is 36.2. The molecule has 4 aromatic rings. The highest BCUT2D eigenvalue weighted by atomic mass is 32.2. The smallest absolute Gasteiger partial charge is 0.337 e. The van der Waals surface area contributed by atoms with Crippen molar-refractivity contribution in [2.75, 3.05) is 14.2 Å². The Balaban J connectivity index is 1.51. The van der Waals surface area contributed by atoms with Gasteiger partial charge in [-0.25, -0.2) is 13.2 Å². The zero-order valence-corrected chi connectivity index (χ0v) is 29.3. The summed E-state index contributed by atoms with van der Waals surface area (Å²) in [5.74, 6) is -1.56. The lowest BCUT2D eigenvalue weighted by molar-refractivity contribution is 0.0692. The van der Waals surface area contributed by atoms with Gasteiger partial charge in [-0.1, -0.05) is 72.8 Å². The first kappa shape index (κ1) is 35.2. The molecule has 0 spiro atoms. The van der Waals surface area contributed by atoms with Gasteiger partial charge in [-0.2, -0.15) is 0 Å². The van der Waals surface area contributed by atoms with Gasteiger partial charge in [0.25, 0.3) is 0 Å². The molecule has 9 nitrogen and oxygen atoms in total. The Morgan fingerprint density at radius 3 is 2.12 bits per heavy atom. The molecule has 10 heteroatoms. The van der Waals surface area contributed by atoms with Crippen LogP contribution in [0.15, 0.2) is 130 Å². The normalized spacial score (nSPS) is 19.7. The highest BCUT2D eigenvalue weighted by Gasteiger charge is 2.48. The van der Waals surface area contributed by atoms with Crippen LogP contribution in [0.3, 0.4) is 0 Å². The molecule has 0 radical (unpaired) electrons. The third-order valence-electron chi connectivity index (χ3n) is 9.59. The van der Waals surface area contributed by atoms with Crippen molar-refractivity contribution >= 4 is 34.0 Å². The van der Waals surface area contributed by atoms with E-state index >= 15 is 4.79 Å². The molecular weight excluding hydrogens is 665 g/mol. The largest absolute Gasteiger partial charge is 0.496 e. The maximum atomic E-state index is 15.0. The van der Waals surface area contributed by atoms with Gasteiger partial charge < -0.3 is 14.6 Å². The van der Waals surface area contributed by atoms with Crippen molar-refractivity contribution in [3.05, 3.63) is 149 Å². The number of hydrogen-bond donors (Lipinski definition) is 1. The number of allylic oxidation sites excluding steroid dienone is 2. The van der Waals surface area contributed by atoms with Crippen molar-refractivity contribution in [2.45, 2.75) is 47.4 Å². The van der Waals surface area contributed by atoms with Crippen molar-refractivity contribution in [3.63, 3.8) is 0 Å². The Kier molecular flexibility index (Phi) is 9.89. The third kappa shape index (κ3) is 6.43. The number of rotatable bonds is 14. The summed E-state index contributed by atoms with van der Waals surface area (Å²) in [6, 6.07) is 25.8. The molecule has 2 aliphatic heterocycles. The lowest BCUT2D eigenvalue weighted by atomic mass is 9.72. The number of carbonyl (C=O) groups is 2. The van der Waals surface area contributed by atoms with E-state index in [0.717, 1.165) is 17.5 Å². The molecule has 1 N–H and O–H groups in total. The van der Waals surface area contributed by atoms with Gasteiger partial charge >= 0.3 is 5.97 Å². The molecule has 4 aromatic carbocycles. The highest BCUT2D eigenvalue weighted by Crippen LogP contribution is 2.46. The molecule has 0 saturated heterocycles. The molecule has 2 heterocycles. The predicted molar refractivity (Wildman–Crippen MR) is 197 cm³/mol. The minimum absolute atomic E-state index is 0.257. The van der Waals surface area contributed by atoms with E-state index in [1.807, 2.05) is 37.3 Å². The number of methoxy groups -OCH3 is 2. The van der Waals surface area contributed by atoms with E-state index in [4.69, 9.17) is 14.5 Å². The summed E-state index contributed by atoms with van der Waals surface area (Å²) >= 11 is 0. The number of nitrogens with zero attached hydrogens (tertiary/aromatic N) is 2. The number of hydrogen-bond acceptors (Lipinski definition) is 8. The van der Waals surface area contributed by atoms with Crippen LogP contribution in [0.1, 0.15) is 61.7 Å². The minimum atomic E-state index is -4.47. The van der Waals surface area contributed by atoms with Crippen LogP contribution in [0.5, 0.6) is 11.5 Å². The second kappa shape index (κ2) is 14.3. The van der Waals surface area contributed by atoms with Crippen molar-refractivity contribution in [1.82, 2.24) is 0 Å². The number of carbonyl (C=O) groups excluding carboxylic acids is 1. The first-order valence-electron chi connectivity index (χ1n) is 16.5. The molecule has 6 rings (SSSR count).